The van der Waals surface area contributed by atoms with Crippen molar-refractivity contribution in [2.45, 2.75) is 13.3 Å². The molecule has 0 bridgehead atoms. The molecule has 4 aromatic rings. The van der Waals surface area contributed by atoms with Crippen LogP contribution >= 0.6 is 0 Å². The van der Waals surface area contributed by atoms with Crippen molar-refractivity contribution >= 4 is 11.6 Å². The van der Waals surface area contributed by atoms with Gasteiger partial charge in [-0.2, -0.15) is 0 Å². The Bertz CT molecular complexity index is 1290. The minimum absolute atomic E-state index is 0.00127. The van der Waals surface area contributed by atoms with E-state index in [0.29, 0.717) is 22.7 Å². The number of anilines is 1. The lowest BCUT2D eigenvalue weighted by Crippen LogP contribution is -2.16. The van der Waals surface area contributed by atoms with E-state index in [1.165, 1.54) is 30.3 Å². The third kappa shape index (κ3) is 4.31. The van der Waals surface area contributed by atoms with Gasteiger partial charge in [0.1, 0.15) is 29.3 Å². The Labute approximate surface area is 182 Å². The number of aryl methyl sites for hydroxylation is 1. The molecule has 0 radical (unpaired) electrons. The number of imidazole rings is 1. The number of hydrogen-bond acceptors (Lipinski definition) is 5. The van der Waals surface area contributed by atoms with E-state index < -0.39 is 17.5 Å². The second-order valence-corrected chi connectivity index (χ2v) is 7.02. The number of benzene rings is 1. The summed E-state index contributed by atoms with van der Waals surface area (Å²) in [6.45, 7) is 1.63. The molecule has 7 nitrogen and oxygen atoms in total. The van der Waals surface area contributed by atoms with Gasteiger partial charge in [-0.05, 0) is 30.2 Å². The van der Waals surface area contributed by atoms with Crippen LogP contribution in [0.1, 0.15) is 11.1 Å². The van der Waals surface area contributed by atoms with E-state index in [9.17, 15) is 13.6 Å². The van der Waals surface area contributed by atoms with Gasteiger partial charge in [0.05, 0.1) is 25.4 Å². The summed E-state index contributed by atoms with van der Waals surface area (Å²) in [5.74, 6) is -1.03. The molecule has 0 saturated carbocycles. The van der Waals surface area contributed by atoms with Crippen molar-refractivity contribution in [1.29, 1.82) is 0 Å². The van der Waals surface area contributed by atoms with Gasteiger partial charge in [0, 0.05) is 18.5 Å². The largest absolute Gasteiger partial charge is 0.494 e. The highest BCUT2D eigenvalue weighted by molar-refractivity contribution is 5.92. The van der Waals surface area contributed by atoms with Crippen LogP contribution in [0, 0.1) is 18.6 Å². The summed E-state index contributed by atoms with van der Waals surface area (Å²) in [5, 5.41) is 2.54. The third-order valence-corrected chi connectivity index (χ3v) is 4.79. The van der Waals surface area contributed by atoms with E-state index in [2.05, 4.69) is 20.3 Å². The van der Waals surface area contributed by atoms with E-state index in [4.69, 9.17) is 4.74 Å². The van der Waals surface area contributed by atoms with Crippen molar-refractivity contribution in [3.8, 4) is 23.0 Å². The van der Waals surface area contributed by atoms with Gasteiger partial charge in [-0.1, -0.05) is 18.2 Å². The van der Waals surface area contributed by atoms with Crippen molar-refractivity contribution in [1.82, 2.24) is 19.5 Å². The first kappa shape index (κ1) is 21.1. The molecule has 0 fully saturated rings. The fourth-order valence-corrected chi connectivity index (χ4v) is 3.22. The first-order valence-corrected chi connectivity index (χ1v) is 9.69. The number of halogens is 2. The Morgan fingerprint density at radius 3 is 2.78 bits per heavy atom. The molecule has 1 N–H and O–H groups in total. The zero-order chi connectivity index (χ0) is 22.7. The Hall–Kier alpha value is -4.14. The number of pyridine rings is 2. The van der Waals surface area contributed by atoms with E-state index >= 15 is 0 Å². The second-order valence-electron chi connectivity index (χ2n) is 7.02. The first-order valence-electron chi connectivity index (χ1n) is 9.69. The van der Waals surface area contributed by atoms with E-state index in [1.807, 2.05) is 0 Å². The van der Waals surface area contributed by atoms with Gasteiger partial charge in [0.15, 0.2) is 11.6 Å². The van der Waals surface area contributed by atoms with Crippen LogP contribution in [-0.4, -0.2) is 32.5 Å². The number of nitrogens with zero attached hydrogens (tertiary/aromatic N) is 4. The van der Waals surface area contributed by atoms with Gasteiger partial charge in [-0.3, -0.25) is 14.3 Å². The van der Waals surface area contributed by atoms with Crippen LogP contribution in [0.3, 0.4) is 0 Å². The molecule has 0 aliphatic carbocycles. The molecule has 162 valence electrons. The highest BCUT2D eigenvalue weighted by Gasteiger charge is 2.15. The van der Waals surface area contributed by atoms with Crippen LogP contribution in [0.2, 0.25) is 0 Å². The molecule has 0 aliphatic heterocycles. The Morgan fingerprint density at radius 2 is 2.00 bits per heavy atom. The summed E-state index contributed by atoms with van der Waals surface area (Å²) in [7, 11) is 1.53. The first-order chi connectivity index (χ1) is 15.5. The highest BCUT2D eigenvalue weighted by Crippen LogP contribution is 2.26. The molecule has 1 aromatic carbocycles. The quantitative estimate of drug-likeness (QED) is 0.493. The molecule has 4 rings (SSSR count). The van der Waals surface area contributed by atoms with Gasteiger partial charge >= 0.3 is 0 Å². The van der Waals surface area contributed by atoms with E-state index in [0.717, 1.165) is 6.07 Å². The molecule has 0 atom stereocenters. The molecule has 0 spiro atoms. The van der Waals surface area contributed by atoms with Gasteiger partial charge in [0.2, 0.25) is 5.91 Å². The standard InChI is InChI=1S/C23H19F2N5O2/c1-14-5-3-6-15(21(14)25)9-20(31)29-16-10-17(24)23(27-11-16)30-12-18(28-13-30)22-19(32-2)7-4-8-26-22/h3-8,10-13H,9H2,1-2H3,(H,29,31). The normalized spacial score (nSPS) is 10.8. The zero-order valence-electron chi connectivity index (χ0n) is 17.3. The van der Waals surface area contributed by atoms with Crippen molar-refractivity contribution in [3.63, 3.8) is 0 Å². The molecule has 9 heteroatoms. The summed E-state index contributed by atoms with van der Waals surface area (Å²) in [4.78, 5) is 24.9. The molecule has 1 amide bonds. The SMILES string of the molecule is COc1cccnc1-c1cn(-c2ncc(NC(=O)Cc3cccc(C)c3F)cc2F)cn1. The number of ether oxygens (including phenoxy) is 1. The summed E-state index contributed by atoms with van der Waals surface area (Å²) in [6.07, 6.45) is 5.75. The summed E-state index contributed by atoms with van der Waals surface area (Å²) >= 11 is 0. The van der Waals surface area contributed by atoms with Crippen LogP contribution in [0.5, 0.6) is 5.75 Å². The average molecular weight is 435 g/mol. The lowest BCUT2D eigenvalue weighted by molar-refractivity contribution is -0.115. The predicted molar refractivity (Wildman–Crippen MR) is 115 cm³/mol. The molecular weight excluding hydrogens is 416 g/mol. The summed E-state index contributed by atoms with van der Waals surface area (Å²) < 4.78 is 35.5. The summed E-state index contributed by atoms with van der Waals surface area (Å²) in [5.41, 5.74) is 1.89. The third-order valence-electron chi connectivity index (χ3n) is 4.79. The average Bonchev–Trinajstić information content (AvgIpc) is 3.26. The molecular formula is C23H19F2N5O2. The van der Waals surface area contributed by atoms with Gasteiger partial charge in [-0.15, -0.1) is 0 Å². The minimum atomic E-state index is -0.665. The van der Waals surface area contributed by atoms with Crippen LogP contribution in [-0.2, 0) is 11.2 Å². The fraction of sp³-hybridized carbons (Fsp3) is 0.130. The molecule has 3 aromatic heterocycles. The number of hydrogen-bond donors (Lipinski definition) is 1. The van der Waals surface area contributed by atoms with Crippen molar-refractivity contribution < 1.29 is 18.3 Å². The number of rotatable bonds is 6. The van der Waals surface area contributed by atoms with Crippen LogP contribution in [0.25, 0.3) is 17.2 Å². The summed E-state index contributed by atoms with van der Waals surface area (Å²) in [6, 6.07) is 9.48. The highest BCUT2D eigenvalue weighted by atomic mass is 19.1. The molecule has 3 heterocycles. The zero-order valence-corrected chi connectivity index (χ0v) is 17.3. The Morgan fingerprint density at radius 1 is 1.16 bits per heavy atom. The smallest absolute Gasteiger partial charge is 0.228 e. The number of carbonyl (C=O) groups is 1. The number of nitrogens with one attached hydrogen (secondary N) is 1. The number of aromatic nitrogens is 4. The second kappa shape index (κ2) is 8.93. The van der Waals surface area contributed by atoms with Crippen molar-refractivity contribution in [2.24, 2.45) is 0 Å². The molecule has 0 aliphatic rings. The number of methoxy groups -OCH3 is 1. The fourth-order valence-electron chi connectivity index (χ4n) is 3.22. The van der Waals surface area contributed by atoms with Crippen molar-refractivity contribution in [2.75, 3.05) is 12.4 Å². The lowest BCUT2D eigenvalue weighted by Gasteiger charge is -2.09. The van der Waals surface area contributed by atoms with Crippen LogP contribution in [0.15, 0.2) is 61.3 Å². The van der Waals surface area contributed by atoms with Gasteiger partial charge in [0.25, 0.3) is 0 Å². The van der Waals surface area contributed by atoms with Gasteiger partial charge in [-0.25, -0.2) is 18.7 Å². The monoisotopic (exact) mass is 435 g/mol. The number of amides is 1. The van der Waals surface area contributed by atoms with E-state index in [-0.39, 0.29) is 23.5 Å². The van der Waals surface area contributed by atoms with Crippen LogP contribution in [0.4, 0.5) is 14.5 Å². The van der Waals surface area contributed by atoms with Crippen molar-refractivity contribution in [3.05, 3.63) is 84.1 Å². The predicted octanol–water partition coefficient (Wildman–Crippen LogP) is 4.11. The maximum absolute atomic E-state index is 14.7. The topological polar surface area (TPSA) is 81.9 Å². The maximum atomic E-state index is 14.7. The molecule has 32 heavy (non-hydrogen) atoms. The molecule has 0 unspecified atom stereocenters. The van der Waals surface area contributed by atoms with E-state index in [1.54, 1.807) is 43.6 Å². The van der Waals surface area contributed by atoms with Crippen LogP contribution < -0.4 is 10.1 Å². The maximum Gasteiger partial charge on any atom is 0.228 e. The Balaban J connectivity index is 1.51. The minimum Gasteiger partial charge on any atom is -0.494 e. The molecule has 0 saturated heterocycles. The van der Waals surface area contributed by atoms with Gasteiger partial charge < -0.3 is 10.1 Å². The Kier molecular flexibility index (Phi) is 5.89. The lowest BCUT2D eigenvalue weighted by atomic mass is 10.1. The number of carbonyl (C=O) groups excluding carboxylic acids is 1.